The predicted molar refractivity (Wildman–Crippen MR) is 76.9 cm³/mol. The lowest BCUT2D eigenvalue weighted by atomic mass is 10.1. The van der Waals surface area contributed by atoms with Crippen molar-refractivity contribution in [2.45, 2.75) is 19.8 Å². The highest BCUT2D eigenvalue weighted by Crippen LogP contribution is 2.18. The van der Waals surface area contributed by atoms with Crippen LogP contribution in [0.15, 0.2) is 22.7 Å². The summed E-state index contributed by atoms with van der Waals surface area (Å²) in [5.74, 6) is -1.45. The number of hydrogen-bond acceptors (Lipinski definition) is 3. The Kier molecular flexibility index (Phi) is 5.82. The number of halogens is 1. The number of carboxylic acid groups (broad SMARTS) is 1. The monoisotopic (exact) mass is 328 g/mol. The van der Waals surface area contributed by atoms with Gasteiger partial charge in [-0.25, -0.2) is 0 Å². The molecule has 19 heavy (non-hydrogen) atoms. The smallest absolute Gasteiger partial charge is 0.306 e. The predicted octanol–water partition coefficient (Wildman–Crippen LogP) is 2.26. The summed E-state index contributed by atoms with van der Waals surface area (Å²) in [6, 6.07) is 5.06. The molecular weight excluding hydrogens is 312 g/mol. The molecule has 1 unspecified atom stereocenters. The summed E-state index contributed by atoms with van der Waals surface area (Å²) in [6.07, 6.45) is 1.15. The summed E-state index contributed by atoms with van der Waals surface area (Å²) in [5, 5.41) is 11.4. The fraction of sp³-hybridized carbons (Fsp3) is 0.385. The Morgan fingerprint density at radius 3 is 2.74 bits per heavy atom. The van der Waals surface area contributed by atoms with Crippen LogP contribution in [0.4, 0.5) is 5.69 Å². The second-order valence-corrected chi connectivity index (χ2v) is 5.28. The number of rotatable bonds is 6. The highest BCUT2D eigenvalue weighted by atomic mass is 79.9. The molecule has 0 aromatic heterocycles. The maximum atomic E-state index is 11.8. The molecular formula is C13H17BrN2O3. The van der Waals surface area contributed by atoms with E-state index in [-0.39, 0.29) is 5.91 Å². The first-order valence-corrected chi connectivity index (χ1v) is 6.77. The van der Waals surface area contributed by atoms with Crippen LogP contribution in [0.25, 0.3) is 0 Å². The molecule has 5 nitrogen and oxygen atoms in total. The van der Waals surface area contributed by atoms with Crippen molar-refractivity contribution in [1.29, 1.82) is 0 Å². The first-order valence-electron chi connectivity index (χ1n) is 5.98. The lowest BCUT2D eigenvalue weighted by molar-refractivity contribution is -0.141. The minimum absolute atomic E-state index is 0.243. The number of aliphatic carboxylic acids is 1. The number of hydrogen-bond donors (Lipinski definition) is 3. The molecule has 0 fully saturated rings. The summed E-state index contributed by atoms with van der Waals surface area (Å²) in [6.45, 7) is 2.09. The topological polar surface area (TPSA) is 92.4 Å². The molecule has 4 N–H and O–H groups in total. The van der Waals surface area contributed by atoms with Gasteiger partial charge in [0.1, 0.15) is 0 Å². The molecule has 1 aromatic rings. The highest BCUT2D eigenvalue weighted by molar-refractivity contribution is 9.10. The zero-order valence-electron chi connectivity index (χ0n) is 10.6. The summed E-state index contributed by atoms with van der Waals surface area (Å²) in [4.78, 5) is 22.4. The maximum Gasteiger partial charge on any atom is 0.306 e. The fourth-order valence-corrected chi connectivity index (χ4v) is 1.95. The zero-order chi connectivity index (χ0) is 14.4. The van der Waals surface area contributed by atoms with E-state index in [1.807, 2.05) is 0 Å². The summed E-state index contributed by atoms with van der Waals surface area (Å²) < 4.78 is 0.817. The van der Waals surface area contributed by atoms with Gasteiger partial charge in [0.15, 0.2) is 0 Å². The Bertz CT molecular complexity index is 477. The van der Waals surface area contributed by atoms with Crippen molar-refractivity contribution in [2.75, 3.05) is 12.3 Å². The van der Waals surface area contributed by atoms with E-state index in [0.29, 0.717) is 30.6 Å². The third-order valence-electron chi connectivity index (χ3n) is 2.78. The molecule has 1 atom stereocenters. The standard InChI is InChI=1S/C13H17BrN2O3/c1-8(13(18)19)3-2-6-16-12(17)10-5-4-9(14)7-11(10)15/h4-5,7-8H,2-3,6,15H2,1H3,(H,16,17)(H,18,19). The first-order chi connectivity index (χ1) is 8.91. The van der Waals surface area contributed by atoms with Gasteiger partial charge in [-0.2, -0.15) is 0 Å². The second-order valence-electron chi connectivity index (χ2n) is 4.37. The molecule has 0 aliphatic rings. The number of benzene rings is 1. The van der Waals surface area contributed by atoms with E-state index in [9.17, 15) is 9.59 Å². The normalized spacial score (nSPS) is 11.9. The molecule has 0 saturated carbocycles. The van der Waals surface area contributed by atoms with Gasteiger partial charge in [-0.1, -0.05) is 22.9 Å². The average molecular weight is 329 g/mol. The number of anilines is 1. The Balaban J connectivity index is 2.41. The van der Waals surface area contributed by atoms with E-state index < -0.39 is 11.9 Å². The lowest BCUT2D eigenvalue weighted by Crippen LogP contribution is -2.26. The van der Waals surface area contributed by atoms with Gasteiger partial charge < -0.3 is 16.2 Å². The van der Waals surface area contributed by atoms with E-state index in [2.05, 4.69) is 21.2 Å². The van der Waals surface area contributed by atoms with Gasteiger partial charge in [-0.05, 0) is 31.0 Å². The van der Waals surface area contributed by atoms with Gasteiger partial charge >= 0.3 is 5.97 Å². The largest absolute Gasteiger partial charge is 0.481 e. The van der Waals surface area contributed by atoms with Crippen molar-refractivity contribution in [3.8, 4) is 0 Å². The van der Waals surface area contributed by atoms with Gasteiger partial charge in [-0.15, -0.1) is 0 Å². The van der Waals surface area contributed by atoms with Crippen LogP contribution in [0.5, 0.6) is 0 Å². The zero-order valence-corrected chi connectivity index (χ0v) is 12.2. The third-order valence-corrected chi connectivity index (χ3v) is 3.27. The molecule has 0 aliphatic heterocycles. The number of nitrogens with one attached hydrogen (secondary N) is 1. The number of carbonyl (C=O) groups excluding carboxylic acids is 1. The quantitative estimate of drug-likeness (QED) is 0.551. The number of carboxylic acids is 1. The van der Waals surface area contributed by atoms with Crippen LogP contribution >= 0.6 is 15.9 Å². The van der Waals surface area contributed by atoms with Gasteiger partial charge in [0.25, 0.3) is 5.91 Å². The molecule has 0 radical (unpaired) electrons. The van der Waals surface area contributed by atoms with Crippen LogP contribution in [0.3, 0.4) is 0 Å². The molecule has 1 aromatic carbocycles. The minimum Gasteiger partial charge on any atom is -0.481 e. The van der Waals surface area contributed by atoms with Crippen LogP contribution < -0.4 is 11.1 Å². The molecule has 6 heteroatoms. The van der Waals surface area contributed by atoms with Crippen LogP contribution in [0.2, 0.25) is 0 Å². The SMILES string of the molecule is CC(CCCNC(=O)c1ccc(Br)cc1N)C(=O)O. The minimum atomic E-state index is -0.816. The molecule has 0 spiro atoms. The van der Waals surface area contributed by atoms with Gasteiger partial charge in [-0.3, -0.25) is 9.59 Å². The van der Waals surface area contributed by atoms with Crippen LogP contribution in [0.1, 0.15) is 30.1 Å². The van der Waals surface area contributed by atoms with Crippen molar-refractivity contribution >= 4 is 33.5 Å². The molecule has 104 valence electrons. The van der Waals surface area contributed by atoms with Crippen molar-refractivity contribution < 1.29 is 14.7 Å². The van der Waals surface area contributed by atoms with Crippen molar-refractivity contribution in [3.63, 3.8) is 0 Å². The Hall–Kier alpha value is -1.56. The van der Waals surface area contributed by atoms with Gasteiger partial charge in [0.05, 0.1) is 11.5 Å². The summed E-state index contributed by atoms with van der Waals surface area (Å²) in [5.41, 5.74) is 6.58. The number of amides is 1. The first kappa shape index (κ1) is 15.5. The third kappa shape index (κ3) is 4.90. The van der Waals surface area contributed by atoms with Gasteiger partial charge in [0, 0.05) is 16.7 Å². The van der Waals surface area contributed by atoms with Gasteiger partial charge in [0.2, 0.25) is 0 Å². The fourth-order valence-electron chi connectivity index (χ4n) is 1.57. The number of nitrogen functional groups attached to an aromatic ring is 1. The Morgan fingerprint density at radius 1 is 1.47 bits per heavy atom. The second kappa shape index (κ2) is 7.13. The Labute approximate surface area is 120 Å². The molecule has 1 rings (SSSR count). The molecule has 0 saturated heterocycles. The van der Waals surface area contributed by atoms with Crippen molar-refractivity contribution in [1.82, 2.24) is 5.32 Å². The summed E-state index contributed by atoms with van der Waals surface area (Å²) >= 11 is 3.27. The van der Waals surface area contributed by atoms with Crippen molar-refractivity contribution in [3.05, 3.63) is 28.2 Å². The van der Waals surface area contributed by atoms with Crippen molar-refractivity contribution in [2.24, 2.45) is 5.92 Å². The lowest BCUT2D eigenvalue weighted by Gasteiger charge is -2.09. The number of nitrogens with two attached hydrogens (primary N) is 1. The summed E-state index contributed by atoms with van der Waals surface area (Å²) in [7, 11) is 0. The van der Waals surface area contributed by atoms with E-state index in [4.69, 9.17) is 10.8 Å². The number of carbonyl (C=O) groups is 2. The maximum absolute atomic E-state index is 11.8. The molecule has 1 amide bonds. The van der Waals surface area contributed by atoms with E-state index >= 15 is 0 Å². The highest BCUT2D eigenvalue weighted by Gasteiger charge is 2.12. The van der Waals surface area contributed by atoms with E-state index in [1.165, 1.54) is 0 Å². The molecule has 0 heterocycles. The average Bonchev–Trinajstić information content (AvgIpc) is 2.33. The van der Waals surface area contributed by atoms with Crippen LogP contribution in [-0.4, -0.2) is 23.5 Å². The van der Waals surface area contributed by atoms with E-state index in [0.717, 1.165) is 4.47 Å². The van der Waals surface area contributed by atoms with Crippen LogP contribution in [-0.2, 0) is 4.79 Å². The van der Waals surface area contributed by atoms with E-state index in [1.54, 1.807) is 25.1 Å². The molecule has 0 aliphatic carbocycles. The van der Waals surface area contributed by atoms with Crippen LogP contribution in [0, 0.1) is 5.92 Å². The molecule has 0 bridgehead atoms. The Morgan fingerprint density at radius 2 is 2.16 bits per heavy atom.